The van der Waals surface area contributed by atoms with E-state index in [1.54, 1.807) is 0 Å². The second-order valence-electron chi connectivity index (χ2n) is 5.92. The van der Waals surface area contributed by atoms with Crippen molar-refractivity contribution in [2.24, 2.45) is 11.1 Å². The number of hydrogen-bond acceptors (Lipinski definition) is 3. The Hall–Kier alpha value is -2.20. The van der Waals surface area contributed by atoms with E-state index < -0.39 is 11.3 Å². The maximum absolute atomic E-state index is 11.9. The van der Waals surface area contributed by atoms with Crippen LogP contribution in [0, 0.1) is 5.41 Å². The van der Waals surface area contributed by atoms with E-state index in [2.05, 4.69) is 0 Å². The van der Waals surface area contributed by atoms with Gasteiger partial charge < -0.3 is 10.6 Å². The number of fused-ring (bicyclic) bond motifs is 1. The topological polar surface area (TPSA) is 63.4 Å². The molecule has 0 bridgehead atoms. The molecule has 2 aromatic carbocycles. The largest absolute Gasteiger partial charge is 0.369 e. The summed E-state index contributed by atoms with van der Waals surface area (Å²) in [6, 6.07) is 13.8. The lowest BCUT2D eigenvalue weighted by molar-refractivity contribution is -0.124. The van der Waals surface area contributed by atoms with Crippen molar-refractivity contribution in [3.8, 4) is 0 Å². The van der Waals surface area contributed by atoms with Crippen LogP contribution in [0.25, 0.3) is 10.8 Å². The second kappa shape index (κ2) is 6.71. The first kappa shape index (κ1) is 16.2. The zero-order valence-electron chi connectivity index (χ0n) is 13.0. The van der Waals surface area contributed by atoms with Crippen LogP contribution in [0.3, 0.4) is 0 Å². The highest BCUT2D eigenvalue weighted by Gasteiger charge is 2.38. The Balaban J connectivity index is 2.41. The van der Waals surface area contributed by atoms with Gasteiger partial charge in [0.2, 0.25) is 12.2 Å². The van der Waals surface area contributed by atoms with E-state index in [1.165, 1.54) is 0 Å². The molecule has 2 aromatic rings. The fourth-order valence-corrected chi connectivity index (χ4v) is 2.62. The van der Waals surface area contributed by atoms with Crippen molar-refractivity contribution in [2.45, 2.75) is 12.8 Å². The van der Waals surface area contributed by atoms with E-state index >= 15 is 0 Å². The van der Waals surface area contributed by atoms with Gasteiger partial charge in [-0.2, -0.15) is 0 Å². The minimum absolute atomic E-state index is 0.279. The highest BCUT2D eigenvalue weighted by atomic mass is 16.2. The summed E-state index contributed by atoms with van der Waals surface area (Å²) in [4.78, 5) is 25.5. The van der Waals surface area contributed by atoms with Crippen LogP contribution in [0.2, 0.25) is 0 Å². The number of carbonyl (C=O) groups excluding carboxylic acids is 2. The van der Waals surface area contributed by atoms with Crippen LogP contribution in [0.4, 0.5) is 0 Å². The molecule has 0 aliphatic carbocycles. The van der Waals surface area contributed by atoms with Crippen molar-refractivity contribution >= 4 is 23.0 Å². The molecule has 4 heteroatoms. The minimum atomic E-state index is -1.28. The quantitative estimate of drug-likeness (QED) is 0.794. The van der Waals surface area contributed by atoms with Crippen molar-refractivity contribution in [3.05, 3.63) is 48.0 Å². The van der Waals surface area contributed by atoms with Gasteiger partial charge in [-0.3, -0.25) is 9.59 Å². The molecular formula is C18H21N2O2. The van der Waals surface area contributed by atoms with Gasteiger partial charge in [0, 0.05) is 0 Å². The third-order valence-corrected chi connectivity index (χ3v) is 4.02. The molecule has 0 aliphatic heterocycles. The molecular weight excluding hydrogens is 276 g/mol. The maximum Gasteiger partial charge on any atom is 0.232 e. The molecule has 0 saturated carbocycles. The molecule has 1 amide bonds. The van der Waals surface area contributed by atoms with E-state index in [1.807, 2.05) is 67.7 Å². The maximum atomic E-state index is 11.9. The van der Waals surface area contributed by atoms with Crippen molar-refractivity contribution < 1.29 is 9.59 Å². The SMILES string of the molecule is CN(C)CCC([C]=O)(Cc1cccc2ccccc12)C(N)=O. The predicted molar refractivity (Wildman–Crippen MR) is 88.1 cm³/mol. The standard InChI is InChI=1S/C18H21N2O2/c1-20(2)11-10-18(13-21,17(19)22)12-15-8-5-7-14-6-3-4-9-16(14)15/h3-9H,10-12H2,1-2H3,(H2,19,22). The number of amides is 1. The summed E-state index contributed by atoms with van der Waals surface area (Å²) < 4.78 is 0. The van der Waals surface area contributed by atoms with Crippen LogP contribution >= 0.6 is 0 Å². The summed E-state index contributed by atoms with van der Waals surface area (Å²) >= 11 is 0. The van der Waals surface area contributed by atoms with Crippen molar-refractivity contribution in [1.82, 2.24) is 4.90 Å². The number of benzene rings is 2. The molecule has 2 rings (SSSR count). The lowest BCUT2D eigenvalue weighted by Crippen LogP contribution is -2.42. The Kier molecular flexibility index (Phi) is 4.93. The smallest absolute Gasteiger partial charge is 0.232 e. The molecule has 22 heavy (non-hydrogen) atoms. The van der Waals surface area contributed by atoms with Crippen LogP contribution in [-0.4, -0.2) is 37.7 Å². The van der Waals surface area contributed by atoms with Gasteiger partial charge in [-0.25, -0.2) is 0 Å². The highest BCUT2D eigenvalue weighted by molar-refractivity contribution is 5.97. The predicted octanol–water partition coefficient (Wildman–Crippen LogP) is 1.92. The zero-order chi connectivity index (χ0) is 16.2. The minimum Gasteiger partial charge on any atom is -0.369 e. The monoisotopic (exact) mass is 297 g/mol. The normalized spacial score (nSPS) is 14.0. The number of hydrogen-bond donors (Lipinski definition) is 1. The summed E-state index contributed by atoms with van der Waals surface area (Å²) in [5.41, 5.74) is 5.20. The molecule has 1 atom stereocenters. The summed E-state index contributed by atoms with van der Waals surface area (Å²) in [5.74, 6) is -0.614. The molecule has 1 radical (unpaired) electrons. The number of nitrogens with two attached hydrogens (primary N) is 1. The average Bonchev–Trinajstić information content (AvgIpc) is 2.51. The Morgan fingerprint density at radius 1 is 1.18 bits per heavy atom. The Morgan fingerprint density at radius 2 is 1.86 bits per heavy atom. The summed E-state index contributed by atoms with van der Waals surface area (Å²) in [7, 11) is 3.79. The van der Waals surface area contributed by atoms with Gasteiger partial charge in [0.15, 0.2) is 0 Å². The van der Waals surface area contributed by atoms with Gasteiger partial charge in [-0.05, 0) is 49.8 Å². The zero-order valence-corrected chi connectivity index (χ0v) is 13.0. The van der Waals surface area contributed by atoms with E-state index in [-0.39, 0.29) is 6.42 Å². The first-order chi connectivity index (χ1) is 10.5. The van der Waals surface area contributed by atoms with Crippen LogP contribution in [0.15, 0.2) is 42.5 Å². The van der Waals surface area contributed by atoms with Crippen molar-refractivity contribution in [2.75, 3.05) is 20.6 Å². The van der Waals surface area contributed by atoms with Crippen LogP contribution < -0.4 is 5.73 Å². The molecule has 0 spiro atoms. The molecule has 0 saturated heterocycles. The van der Waals surface area contributed by atoms with Crippen molar-refractivity contribution in [1.29, 1.82) is 0 Å². The molecule has 0 aromatic heterocycles. The number of primary amides is 1. The second-order valence-corrected chi connectivity index (χ2v) is 5.92. The average molecular weight is 297 g/mol. The lowest BCUT2D eigenvalue weighted by Gasteiger charge is -2.26. The molecule has 4 nitrogen and oxygen atoms in total. The molecule has 0 heterocycles. The molecule has 2 N–H and O–H groups in total. The molecule has 1 unspecified atom stereocenters. The van der Waals surface area contributed by atoms with E-state index in [0.29, 0.717) is 13.0 Å². The summed E-state index contributed by atoms with van der Waals surface area (Å²) in [5, 5.41) is 2.12. The highest BCUT2D eigenvalue weighted by Crippen LogP contribution is 2.29. The summed E-state index contributed by atoms with van der Waals surface area (Å²) in [6.45, 7) is 0.600. The first-order valence-corrected chi connectivity index (χ1v) is 7.29. The third-order valence-electron chi connectivity index (χ3n) is 4.02. The molecule has 0 aliphatic rings. The van der Waals surface area contributed by atoms with Gasteiger partial charge in [-0.15, -0.1) is 0 Å². The van der Waals surface area contributed by atoms with E-state index in [9.17, 15) is 9.59 Å². The van der Waals surface area contributed by atoms with Gasteiger partial charge in [-0.1, -0.05) is 42.5 Å². The van der Waals surface area contributed by atoms with Gasteiger partial charge in [0.25, 0.3) is 0 Å². The lowest BCUT2D eigenvalue weighted by atomic mass is 9.78. The summed E-state index contributed by atoms with van der Waals surface area (Å²) in [6.07, 6.45) is 2.57. The van der Waals surface area contributed by atoms with Crippen LogP contribution in [-0.2, 0) is 16.0 Å². The third kappa shape index (κ3) is 3.34. The number of nitrogens with zero attached hydrogens (tertiary/aromatic N) is 1. The van der Waals surface area contributed by atoms with E-state index in [4.69, 9.17) is 5.73 Å². The molecule has 115 valence electrons. The van der Waals surface area contributed by atoms with Crippen LogP contribution in [0.1, 0.15) is 12.0 Å². The first-order valence-electron chi connectivity index (χ1n) is 7.29. The number of carbonyl (C=O) groups is 1. The Bertz CT molecular complexity index is 676. The van der Waals surface area contributed by atoms with Crippen molar-refractivity contribution in [3.63, 3.8) is 0 Å². The molecule has 0 fully saturated rings. The Morgan fingerprint density at radius 3 is 2.50 bits per heavy atom. The van der Waals surface area contributed by atoms with Crippen LogP contribution in [0.5, 0.6) is 0 Å². The number of rotatable bonds is 7. The van der Waals surface area contributed by atoms with E-state index in [0.717, 1.165) is 16.3 Å². The van der Waals surface area contributed by atoms with Gasteiger partial charge in [0.1, 0.15) is 5.41 Å². The fraction of sp³-hybridized carbons (Fsp3) is 0.333. The Labute approximate surface area is 130 Å². The van der Waals surface area contributed by atoms with Gasteiger partial charge >= 0.3 is 0 Å². The fourth-order valence-electron chi connectivity index (χ4n) is 2.62. The van der Waals surface area contributed by atoms with Gasteiger partial charge in [0.05, 0.1) is 0 Å².